The second-order valence-electron chi connectivity index (χ2n) is 21.7. The number of allylic oxidation sites excluding steroid dienone is 8. The minimum atomic E-state index is -0.777. The molecular weight excluding hydrogens is 901 g/mol. The molecule has 426 valence electrons. The number of carbonyl (C=O) groups is 3. The topological polar surface area (TPSA) is 78.9 Å². The lowest BCUT2D eigenvalue weighted by atomic mass is 10.0. The number of unbranched alkanes of at least 4 members (excludes halogenated alkanes) is 40. The van der Waals surface area contributed by atoms with Crippen molar-refractivity contribution >= 4 is 17.9 Å². The largest absolute Gasteiger partial charge is 0.462 e. The summed E-state index contributed by atoms with van der Waals surface area (Å²) < 4.78 is 16.9. The molecule has 6 nitrogen and oxygen atoms in total. The first-order chi connectivity index (χ1) is 36.0. The molecule has 73 heavy (non-hydrogen) atoms. The number of hydrogen-bond acceptors (Lipinski definition) is 6. The lowest BCUT2D eigenvalue weighted by Crippen LogP contribution is -2.30. The molecule has 0 fully saturated rings. The number of carbonyl (C=O) groups excluding carboxylic acids is 3. The highest BCUT2D eigenvalue weighted by atomic mass is 16.6. The highest BCUT2D eigenvalue weighted by Crippen LogP contribution is 2.17. The van der Waals surface area contributed by atoms with E-state index < -0.39 is 6.10 Å². The molecule has 0 rings (SSSR count). The maximum Gasteiger partial charge on any atom is 0.306 e. The molecule has 0 amide bonds. The summed E-state index contributed by atoms with van der Waals surface area (Å²) in [4.78, 5) is 38.3. The van der Waals surface area contributed by atoms with Crippen LogP contribution in [0.5, 0.6) is 0 Å². The molecule has 0 saturated heterocycles. The third-order valence-electron chi connectivity index (χ3n) is 14.3. The molecule has 0 spiro atoms. The van der Waals surface area contributed by atoms with Crippen LogP contribution in [0.4, 0.5) is 0 Å². The number of rotatable bonds is 59. The van der Waals surface area contributed by atoms with Gasteiger partial charge in [0.1, 0.15) is 13.2 Å². The van der Waals surface area contributed by atoms with Crippen LogP contribution in [-0.2, 0) is 28.6 Å². The molecule has 0 radical (unpaired) electrons. The minimum absolute atomic E-state index is 0.0732. The lowest BCUT2D eigenvalue weighted by molar-refractivity contribution is -0.167. The molecule has 0 aromatic rings. The van der Waals surface area contributed by atoms with Crippen LogP contribution in [0.15, 0.2) is 48.6 Å². The Labute approximate surface area is 454 Å². The highest BCUT2D eigenvalue weighted by molar-refractivity contribution is 5.71. The fourth-order valence-corrected chi connectivity index (χ4v) is 9.45. The van der Waals surface area contributed by atoms with Crippen molar-refractivity contribution in [1.29, 1.82) is 0 Å². The molecule has 1 unspecified atom stereocenters. The van der Waals surface area contributed by atoms with E-state index in [0.717, 1.165) is 77.0 Å². The van der Waals surface area contributed by atoms with Crippen LogP contribution in [-0.4, -0.2) is 37.2 Å². The zero-order valence-electron chi connectivity index (χ0n) is 48.9. The predicted octanol–water partition coefficient (Wildman–Crippen LogP) is 21.8. The average Bonchev–Trinajstić information content (AvgIpc) is 3.39. The van der Waals surface area contributed by atoms with Gasteiger partial charge in [-0.3, -0.25) is 14.4 Å². The van der Waals surface area contributed by atoms with Crippen molar-refractivity contribution in [3.05, 3.63) is 48.6 Å². The van der Waals surface area contributed by atoms with E-state index in [2.05, 4.69) is 69.4 Å². The molecule has 0 aliphatic heterocycles. The van der Waals surface area contributed by atoms with Crippen molar-refractivity contribution in [1.82, 2.24) is 0 Å². The molecule has 0 heterocycles. The van der Waals surface area contributed by atoms with Crippen molar-refractivity contribution in [2.75, 3.05) is 13.2 Å². The standard InChI is InChI=1S/C67H122O6/c1-4-7-10-13-16-19-22-25-28-30-32-33-34-35-36-38-39-42-45-48-51-54-57-60-66(69)72-63-64(62-71-65(68)59-56-53-50-47-44-41-27-24-21-18-15-12-9-6-3)73-67(70)61-58-55-52-49-46-43-40-37-31-29-26-23-20-17-14-11-8-5-2/h20,22-23,25,29-32,64H,4-19,21,24,26-28,33-63H2,1-3H3/b23-20-,25-22-,31-29-,32-30-. The Balaban J connectivity index is 4.31. The Kier molecular flexibility index (Phi) is 59.7. The van der Waals surface area contributed by atoms with Crippen molar-refractivity contribution in [3.8, 4) is 0 Å². The van der Waals surface area contributed by atoms with Crippen LogP contribution in [0.3, 0.4) is 0 Å². The minimum Gasteiger partial charge on any atom is -0.462 e. The van der Waals surface area contributed by atoms with Crippen LogP contribution in [0.2, 0.25) is 0 Å². The third kappa shape index (κ3) is 60.1. The van der Waals surface area contributed by atoms with Crippen molar-refractivity contribution in [2.24, 2.45) is 0 Å². The summed E-state index contributed by atoms with van der Waals surface area (Å²) >= 11 is 0. The van der Waals surface area contributed by atoms with Gasteiger partial charge in [0.2, 0.25) is 0 Å². The summed E-state index contributed by atoms with van der Waals surface area (Å²) in [7, 11) is 0. The fraction of sp³-hybridized carbons (Fsp3) is 0.836. The maximum absolute atomic E-state index is 12.9. The van der Waals surface area contributed by atoms with Gasteiger partial charge in [0, 0.05) is 19.3 Å². The van der Waals surface area contributed by atoms with Gasteiger partial charge in [0.15, 0.2) is 6.10 Å². The van der Waals surface area contributed by atoms with Crippen molar-refractivity contribution < 1.29 is 28.6 Å². The summed E-state index contributed by atoms with van der Waals surface area (Å²) in [6, 6.07) is 0. The van der Waals surface area contributed by atoms with Crippen molar-refractivity contribution in [2.45, 2.75) is 348 Å². The second-order valence-corrected chi connectivity index (χ2v) is 21.7. The zero-order valence-corrected chi connectivity index (χ0v) is 48.9. The Hall–Kier alpha value is -2.63. The van der Waals surface area contributed by atoms with E-state index in [-0.39, 0.29) is 31.1 Å². The van der Waals surface area contributed by atoms with E-state index in [1.807, 2.05) is 0 Å². The molecule has 0 saturated carbocycles. The second kappa shape index (κ2) is 61.9. The number of ether oxygens (including phenoxy) is 3. The van der Waals surface area contributed by atoms with Gasteiger partial charge in [0.05, 0.1) is 0 Å². The summed E-state index contributed by atoms with van der Waals surface area (Å²) in [5, 5.41) is 0. The van der Waals surface area contributed by atoms with E-state index >= 15 is 0 Å². The van der Waals surface area contributed by atoms with Crippen molar-refractivity contribution in [3.63, 3.8) is 0 Å². The van der Waals surface area contributed by atoms with Gasteiger partial charge in [-0.2, -0.15) is 0 Å². The summed E-state index contributed by atoms with van der Waals surface area (Å²) in [6.07, 6.45) is 76.8. The molecule has 6 heteroatoms. The van der Waals surface area contributed by atoms with E-state index in [1.165, 1.54) is 225 Å². The average molecular weight is 1020 g/mol. The van der Waals surface area contributed by atoms with Crippen LogP contribution >= 0.6 is 0 Å². The monoisotopic (exact) mass is 1020 g/mol. The molecule has 0 aromatic heterocycles. The lowest BCUT2D eigenvalue weighted by Gasteiger charge is -2.18. The van der Waals surface area contributed by atoms with Crippen LogP contribution in [0.25, 0.3) is 0 Å². The maximum atomic E-state index is 12.9. The smallest absolute Gasteiger partial charge is 0.306 e. The summed E-state index contributed by atoms with van der Waals surface area (Å²) in [5.74, 6) is -0.862. The Morgan fingerprint density at radius 1 is 0.274 bits per heavy atom. The number of esters is 3. The van der Waals surface area contributed by atoms with Gasteiger partial charge in [-0.15, -0.1) is 0 Å². The molecule has 0 aliphatic carbocycles. The first-order valence-electron chi connectivity index (χ1n) is 32.1. The van der Waals surface area contributed by atoms with Gasteiger partial charge in [-0.25, -0.2) is 0 Å². The van der Waals surface area contributed by atoms with Gasteiger partial charge < -0.3 is 14.2 Å². The summed E-state index contributed by atoms with van der Waals surface area (Å²) in [6.45, 7) is 6.66. The van der Waals surface area contributed by atoms with Gasteiger partial charge >= 0.3 is 17.9 Å². The first kappa shape index (κ1) is 70.4. The van der Waals surface area contributed by atoms with Crippen LogP contribution < -0.4 is 0 Å². The normalized spacial score (nSPS) is 12.3. The van der Waals surface area contributed by atoms with E-state index in [0.29, 0.717) is 19.3 Å². The Bertz CT molecular complexity index is 1270. The Morgan fingerprint density at radius 2 is 0.493 bits per heavy atom. The summed E-state index contributed by atoms with van der Waals surface area (Å²) in [5.41, 5.74) is 0. The highest BCUT2D eigenvalue weighted by Gasteiger charge is 2.19. The first-order valence-corrected chi connectivity index (χ1v) is 32.1. The molecule has 1 atom stereocenters. The van der Waals surface area contributed by atoms with Crippen LogP contribution in [0.1, 0.15) is 342 Å². The SMILES string of the molecule is CCCCCC/C=C\C/C=C\CCCCCCCCCC(=O)OC(COC(=O)CCCCCCCCCCCCC/C=C\C/C=C\CCCCCCC)COC(=O)CCCCCCCCCCCCCCCC. The van der Waals surface area contributed by atoms with Crippen LogP contribution in [0, 0.1) is 0 Å². The third-order valence-corrected chi connectivity index (χ3v) is 14.3. The van der Waals surface area contributed by atoms with Gasteiger partial charge in [-0.05, 0) is 83.5 Å². The number of hydrogen-bond donors (Lipinski definition) is 0. The predicted molar refractivity (Wildman–Crippen MR) is 316 cm³/mol. The van der Waals surface area contributed by atoms with Gasteiger partial charge in [-0.1, -0.05) is 288 Å². The van der Waals surface area contributed by atoms with Gasteiger partial charge in [0.25, 0.3) is 0 Å². The fourth-order valence-electron chi connectivity index (χ4n) is 9.45. The van der Waals surface area contributed by atoms with E-state index in [1.54, 1.807) is 0 Å². The quantitative estimate of drug-likeness (QED) is 0.0261. The zero-order chi connectivity index (χ0) is 52.9. The molecule has 0 aliphatic rings. The van der Waals surface area contributed by atoms with E-state index in [4.69, 9.17) is 14.2 Å². The molecule has 0 N–H and O–H groups in total. The van der Waals surface area contributed by atoms with E-state index in [9.17, 15) is 14.4 Å². The molecular formula is C67H122O6. The molecule has 0 bridgehead atoms. The molecule has 0 aromatic carbocycles. The Morgan fingerprint density at radius 3 is 0.767 bits per heavy atom.